The normalized spacial score (nSPS) is 13.2. The minimum Gasteiger partial charge on any atom is -0.457 e. The lowest BCUT2D eigenvalue weighted by Crippen LogP contribution is -2.48. The van der Waals surface area contributed by atoms with Crippen molar-refractivity contribution in [2.75, 3.05) is 5.75 Å². The van der Waals surface area contributed by atoms with Crippen molar-refractivity contribution < 1.29 is 9.53 Å². The monoisotopic (exact) mass is 399 g/mol. The average molecular weight is 400 g/mol. The fraction of sp³-hybridized carbons (Fsp3) is 0.480. The highest BCUT2D eigenvalue weighted by Crippen LogP contribution is 2.35. The fourth-order valence-electron chi connectivity index (χ4n) is 3.62. The van der Waals surface area contributed by atoms with Gasteiger partial charge in [-0.05, 0) is 65.0 Å². The van der Waals surface area contributed by atoms with Crippen LogP contribution in [0.15, 0.2) is 60.7 Å². The lowest BCUT2D eigenvalue weighted by molar-refractivity contribution is -0.141. The number of ether oxygens (including phenoxy) is 1. The van der Waals surface area contributed by atoms with E-state index in [1.807, 2.05) is 30.3 Å². The molecule has 0 radical (unpaired) electrons. The van der Waals surface area contributed by atoms with Gasteiger partial charge in [0.05, 0.1) is 0 Å². The summed E-state index contributed by atoms with van der Waals surface area (Å²) in [5.74, 6) is 0.410. The van der Waals surface area contributed by atoms with E-state index in [9.17, 15) is 4.79 Å². The van der Waals surface area contributed by atoms with Crippen LogP contribution in [0.2, 0.25) is 0 Å². The highest BCUT2D eigenvalue weighted by atomic mass is 32.2. The van der Waals surface area contributed by atoms with Crippen LogP contribution in [0.25, 0.3) is 0 Å². The smallest absolute Gasteiger partial charge is 0.356 e. The standard InChI is InChI=1S/C25H35O2S/c1-24(2,3)28(20-23(26)27-19-22-15-10-7-11-16-22)25(4,5)18-12-17-21-13-8-6-9-14-21/h6-11,13-16H,12,17-20H2,1-5H3/q+1. The molecule has 0 saturated carbocycles. The first-order chi connectivity index (χ1) is 13.2. The second kappa shape index (κ2) is 10.2. The molecule has 0 spiro atoms. The Hall–Kier alpha value is -1.74. The van der Waals surface area contributed by atoms with Crippen molar-refractivity contribution >= 4 is 16.9 Å². The number of hydrogen-bond donors (Lipinski definition) is 0. The number of aryl methyl sites for hydroxylation is 1. The van der Waals surface area contributed by atoms with Crippen molar-refractivity contribution in [3.63, 3.8) is 0 Å². The predicted octanol–water partition coefficient (Wildman–Crippen LogP) is 5.95. The van der Waals surface area contributed by atoms with E-state index in [0.29, 0.717) is 12.4 Å². The molecule has 3 heteroatoms. The van der Waals surface area contributed by atoms with Crippen LogP contribution in [0.4, 0.5) is 0 Å². The molecule has 0 fully saturated rings. The maximum atomic E-state index is 12.6. The third-order valence-electron chi connectivity index (χ3n) is 5.00. The summed E-state index contributed by atoms with van der Waals surface area (Å²) in [5.41, 5.74) is 2.42. The summed E-state index contributed by atoms with van der Waals surface area (Å²) in [7, 11) is -0.0725. The summed E-state index contributed by atoms with van der Waals surface area (Å²) in [6, 6.07) is 20.5. The Labute approximate surface area is 174 Å². The molecule has 2 rings (SSSR count). The van der Waals surface area contributed by atoms with Crippen LogP contribution in [-0.2, 0) is 33.5 Å². The molecule has 0 amide bonds. The highest BCUT2D eigenvalue weighted by molar-refractivity contribution is 8.00. The first kappa shape index (κ1) is 22.5. The van der Waals surface area contributed by atoms with Gasteiger partial charge in [0, 0.05) is 10.9 Å². The zero-order chi connectivity index (χ0) is 20.6. The van der Waals surface area contributed by atoms with Crippen molar-refractivity contribution in [1.82, 2.24) is 0 Å². The van der Waals surface area contributed by atoms with Crippen molar-refractivity contribution in [2.45, 2.75) is 70.0 Å². The van der Waals surface area contributed by atoms with Crippen molar-refractivity contribution in [3.8, 4) is 0 Å². The Balaban J connectivity index is 1.93. The van der Waals surface area contributed by atoms with E-state index in [4.69, 9.17) is 4.74 Å². The molecule has 2 aromatic carbocycles. The van der Waals surface area contributed by atoms with E-state index in [1.165, 1.54) is 5.56 Å². The molecule has 0 bridgehead atoms. The van der Waals surface area contributed by atoms with Crippen LogP contribution in [0.1, 0.15) is 58.6 Å². The van der Waals surface area contributed by atoms with Gasteiger partial charge in [0.1, 0.15) is 16.1 Å². The Morgan fingerprint density at radius 3 is 1.93 bits per heavy atom. The summed E-state index contributed by atoms with van der Waals surface area (Å²) in [4.78, 5) is 12.6. The highest BCUT2D eigenvalue weighted by Gasteiger charge is 2.48. The molecule has 0 N–H and O–H groups in total. The van der Waals surface area contributed by atoms with Gasteiger partial charge in [-0.15, -0.1) is 0 Å². The molecule has 0 saturated heterocycles. The van der Waals surface area contributed by atoms with Gasteiger partial charge >= 0.3 is 5.97 Å². The minimum atomic E-state index is -0.0850. The van der Waals surface area contributed by atoms with Crippen molar-refractivity contribution in [3.05, 3.63) is 71.8 Å². The zero-order valence-electron chi connectivity index (χ0n) is 18.0. The van der Waals surface area contributed by atoms with E-state index < -0.39 is 0 Å². The number of hydrogen-bond acceptors (Lipinski definition) is 2. The average Bonchev–Trinajstić information content (AvgIpc) is 2.65. The van der Waals surface area contributed by atoms with Crippen LogP contribution in [0.3, 0.4) is 0 Å². The van der Waals surface area contributed by atoms with E-state index in [0.717, 1.165) is 24.8 Å². The molecular formula is C25H35O2S+. The Bertz CT molecular complexity index is 717. The van der Waals surface area contributed by atoms with Gasteiger partial charge in [-0.2, -0.15) is 0 Å². The van der Waals surface area contributed by atoms with Crippen LogP contribution in [0.5, 0.6) is 0 Å². The van der Waals surface area contributed by atoms with Crippen LogP contribution < -0.4 is 0 Å². The molecule has 0 heterocycles. The molecule has 2 aromatic rings. The topological polar surface area (TPSA) is 26.3 Å². The van der Waals surface area contributed by atoms with Gasteiger partial charge in [0.15, 0.2) is 0 Å². The van der Waals surface area contributed by atoms with Crippen LogP contribution >= 0.6 is 0 Å². The summed E-state index contributed by atoms with van der Waals surface area (Å²) < 4.78 is 5.76. The first-order valence-electron chi connectivity index (χ1n) is 10.1. The maximum absolute atomic E-state index is 12.6. The Morgan fingerprint density at radius 2 is 1.39 bits per heavy atom. The lowest BCUT2D eigenvalue weighted by Gasteiger charge is -2.33. The number of esters is 1. The second-order valence-electron chi connectivity index (χ2n) is 8.89. The minimum absolute atomic E-state index is 0.0714. The van der Waals surface area contributed by atoms with Gasteiger partial charge in [0.2, 0.25) is 5.75 Å². The van der Waals surface area contributed by atoms with Gasteiger partial charge in [0.25, 0.3) is 0 Å². The molecule has 0 aliphatic rings. The van der Waals surface area contributed by atoms with E-state index in [-0.39, 0.29) is 26.4 Å². The van der Waals surface area contributed by atoms with Crippen LogP contribution in [0, 0.1) is 0 Å². The number of rotatable bonds is 9. The second-order valence-corrected chi connectivity index (χ2v) is 12.3. The molecule has 1 unspecified atom stereocenters. The summed E-state index contributed by atoms with van der Waals surface area (Å²) in [5, 5.41) is 0. The van der Waals surface area contributed by atoms with Gasteiger partial charge < -0.3 is 4.74 Å². The van der Waals surface area contributed by atoms with E-state index in [2.05, 4.69) is 65.0 Å². The molecule has 0 aliphatic heterocycles. The molecule has 0 aromatic heterocycles. The zero-order valence-corrected chi connectivity index (χ0v) is 18.9. The molecule has 0 aliphatic carbocycles. The SMILES string of the molecule is CC(C)(C)[S+](CC(=O)OCc1ccccc1)C(C)(C)CCCc1ccccc1. The number of carbonyl (C=O) groups is 1. The van der Waals surface area contributed by atoms with Gasteiger partial charge in [-0.1, -0.05) is 60.7 Å². The van der Waals surface area contributed by atoms with Gasteiger partial charge in [-0.25, -0.2) is 4.79 Å². The summed E-state index contributed by atoms with van der Waals surface area (Å²) in [6.45, 7) is 11.7. The summed E-state index contributed by atoms with van der Waals surface area (Å²) in [6.07, 6.45) is 3.33. The van der Waals surface area contributed by atoms with Crippen molar-refractivity contribution in [2.24, 2.45) is 0 Å². The van der Waals surface area contributed by atoms with E-state index >= 15 is 0 Å². The molecule has 2 nitrogen and oxygen atoms in total. The third-order valence-corrected chi connectivity index (χ3v) is 8.54. The Kier molecular flexibility index (Phi) is 8.18. The van der Waals surface area contributed by atoms with Crippen LogP contribution in [-0.4, -0.2) is 21.2 Å². The number of carbonyl (C=O) groups excluding carboxylic acids is 1. The quantitative estimate of drug-likeness (QED) is 0.385. The lowest BCUT2D eigenvalue weighted by atomic mass is 10.0. The van der Waals surface area contributed by atoms with Crippen molar-refractivity contribution in [1.29, 1.82) is 0 Å². The first-order valence-corrected chi connectivity index (χ1v) is 11.5. The van der Waals surface area contributed by atoms with E-state index in [1.54, 1.807) is 0 Å². The molecule has 1 atom stereocenters. The predicted molar refractivity (Wildman–Crippen MR) is 122 cm³/mol. The maximum Gasteiger partial charge on any atom is 0.356 e. The largest absolute Gasteiger partial charge is 0.457 e. The molecule has 152 valence electrons. The van der Waals surface area contributed by atoms with Gasteiger partial charge in [-0.3, -0.25) is 0 Å². The Morgan fingerprint density at radius 1 is 0.857 bits per heavy atom. The molecule has 28 heavy (non-hydrogen) atoms. The summed E-state index contributed by atoms with van der Waals surface area (Å²) >= 11 is 0. The third kappa shape index (κ3) is 7.35. The molecular weight excluding hydrogens is 364 g/mol. The fourth-order valence-corrected chi connectivity index (χ4v) is 6.82. The number of benzene rings is 2.